The van der Waals surface area contributed by atoms with E-state index in [2.05, 4.69) is 16.1 Å². The first-order valence-electron chi connectivity index (χ1n) is 8.73. The van der Waals surface area contributed by atoms with Gasteiger partial charge in [0.1, 0.15) is 12.0 Å². The van der Waals surface area contributed by atoms with Gasteiger partial charge in [0.2, 0.25) is 0 Å². The summed E-state index contributed by atoms with van der Waals surface area (Å²) < 4.78 is 2.82. The molecule has 1 atom stereocenters. The van der Waals surface area contributed by atoms with Crippen molar-refractivity contribution < 1.29 is 4.79 Å². The number of hydrogen-bond acceptors (Lipinski definition) is 5. The van der Waals surface area contributed by atoms with Crippen LogP contribution in [0.3, 0.4) is 0 Å². The number of aromatic nitrogens is 4. The summed E-state index contributed by atoms with van der Waals surface area (Å²) in [4.78, 5) is 24.0. The molecule has 4 aromatic rings. The predicted molar refractivity (Wildman–Crippen MR) is 100 cm³/mol. The Labute approximate surface area is 154 Å². The minimum absolute atomic E-state index is 0.00640. The van der Waals surface area contributed by atoms with Gasteiger partial charge >= 0.3 is 0 Å². The van der Waals surface area contributed by atoms with Crippen molar-refractivity contribution in [2.45, 2.75) is 18.8 Å². The quantitative estimate of drug-likeness (QED) is 0.548. The van der Waals surface area contributed by atoms with Crippen LogP contribution in [0.2, 0.25) is 0 Å². The van der Waals surface area contributed by atoms with Crippen molar-refractivity contribution >= 4 is 33.1 Å². The molecule has 3 aromatic heterocycles. The van der Waals surface area contributed by atoms with Crippen LogP contribution in [0.25, 0.3) is 15.9 Å². The highest BCUT2D eigenvalue weighted by Crippen LogP contribution is 2.33. The zero-order valence-electron chi connectivity index (χ0n) is 14.1. The van der Waals surface area contributed by atoms with Crippen molar-refractivity contribution in [3.8, 4) is 0 Å². The summed E-state index contributed by atoms with van der Waals surface area (Å²) in [5.41, 5.74) is 2.30. The Kier molecular flexibility index (Phi) is 3.67. The number of carbonyl (C=O) groups is 1. The standard InChI is InChI=1S/C19H17N5OS/c25-19(15-7-3-9-17-20-12-21-24(15)17)23-10-4-5-13(11-23)18-22-14-6-1-2-8-16(14)26-18/h1-3,6-9,12-13H,4-5,10-11H2. The van der Waals surface area contributed by atoms with Crippen molar-refractivity contribution in [2.75, 3.05) is 13.1 Å². The maximum absolute atomic E-state index is 13.1. The lowest BCUT2D eigenvalue weighted by atomic mass is 9.98. The van der Waals surface area contributed by atoms with Crippen LogP contribution >= 0.6 is 11.3 Å². The first-order valence-corrected chi connectivity index (χ1v) is 9.55. The van der Waals surface area contributed by atoms with Crippen LogP contribution < -0.4 is 0 Å². The Morgan fingerprint density at radius 3 is 3.00 bits per heavy atom. The molecule has 0 saturated carbocycles. The lowest BCUT2D eigenvalue weighted by molar-refractivity contribution is 0.0698. The second-order valence-electron chi connectivity index (χ2n) is 6.55. The van der Waals surface area contributed by atoms with E-state index in [1.165, 1.54) is 11.0 Å². The van der Waals surface area contributed by atoms with Crippen molar-refractivity contribution in [3.05, 3.63) is 59.5 Å². The number of benzene rings is 1. The van der Waals surface area contributed by atoms with Gasteiger partial charge in [-0.15, -0.1) is 11.3 Å². The van der Waals surface area contributed by atoms with E-state index in [1.54, 1.807) is 15.9 Å². The molecule has 7 heteroatoms. The van der Waals surface area contributed by atoms with Crippen molar-refractivity contribution in [3.63, 3.8) is 0 Å². The van der Waals surface area contributed by atoms with Gasteiger partial charge in [0.05, 0.1) is 15.2 Å². The van der Waals surface area contributed by atoms with Gasteiger partial charge < -0.3 is 4.90 Å². The minimum atomic E-state index is 0.00640. The van der Waals surface area contributed by atoms with Crippen LogP contribution in [0.5, 0.6) is 0 Å². The molecule has 1 aliphatic rings. The molecule has 4 heterocycles. The number of pyridine rings is 1. The van der Waals surface area contributed by atoms with Gasteiger partial charge in [-0.1, -0.05) is 18.2 Å². The Hall–Kier alpha value is -2.80. The van der Waals surface area contributed by atoms with E-state index in [9.17, 15) is 4.79 Å². The summed E-state index contributed by atoms with van der Waals surface area (Å²) in [7, 11) is 0. The van der Waals surface area contributed by atoms with Crippen LogP contribution in [0, 0.1) is 0 Å². The number of likely N-dealkylation sites (tertiary alicyclic amines) is 1. The average Bonchev–Trinajstić information content (AvgIpc) is 3.34. The molecule has 1 fully saturated rings. The van der Waals surface area contributed by atoms with E-state index < -0.39 is 0 Å². The van der Waals surface area contributed by atoms with Gasteiger partial charge in [0, 0.05) is 19.0 Å². The highest BCUT2D eigenvalue weighted by Gasteiger charge is 2.28. The summed E-state index contributed by atoms with van der Waals surface area (Å²) in [6.45, 7) is 1.47. The predicted octanol–water partition coefficient (Wildman–Crippen LogP) is 3.36. The third-order valence-corrected chi connectivity index (χ3v) is 6.09. The lowest BCUT2D eigenvalue weighted by Gasteiger charge is -2.31. The first kappa shape index (κ1) is 15.5. The van der Waals surface area contributed by atoms with E-state index in [4.69, 9.17) is 4.98 Å². The molecule has 130 valence electrons. The lowest BCUT2D eigenvalue weighted by Crippen LogP contribution is -2.39. The zero-order chi connectivity index (χ0) is 17.5. The second kappa shape index (κ2) is 6.17. The molecule has 0 N–H and O–H groups in total. The number of hydrogen-bond donors (Lipinski definition) is 0. The smallest absolute Gasteiger partial charge is 0.272 e. The van der Waals surface area contributed by atoms with Gasteiger partial charge in [-0.05, 0) is 37.1 Å². The Bertz CT molecular complexity index is 1070. The van der Waals surface area contributed by atoms with Crippen LogP contribution in [-0.4, -0.2) is 43.5 Å². The third-order valence-electron chi connectivity index (χ3n) is 4.89. The maximum atomic E-state index is 13.1. The minimum Gasteiger partial charge on any atom is -0.337 e. The number of amides is 1. The van der Waals surface area contributed by atoms with Crippen molar-refractivity contribution in [1.29, 1.82) is 0 Å². The third kappa shape index (κ3) is 2.55. The van der Waals surface area contributed by atoms with E-state index in [0.717, 1.165) is 29.9 Å². The van der Waals surface area contributed by atoms with Crippen molar-refractivity contribution in [2.24, 2.45) is 0 Å². The summed E-state index contributed by atoms with van der Waals surface area (Å²) in [5, 5.41) is 5.32. The number of fused-ring (bicyclic) bond motifs is 2. The number of thiazole rings is 1. The SMILES string of the molecule is O=C(c1cccc2ncnn12)N1CCCC(c2nc3ccccc3s2)C1. The number of rotatable bonds is 2. The van der Waals surface area contributed by atoms with E-state index in [-0.39, 0.29) is 5.91 Å². The molecule has 0 radical (unpaired) electrons. The molecule has 6 nitrogen and oxygen atoms in total. The maximum Gasteiger partial charge on any atom is 0.272 e. The summed E-state index contributed by atoms with van der Waals surface area (Å²) in [5.74, 6) is 0.298. The molecule has 0 aliphatic carbocycles. The van der Waals surface area contributed by atoms with Gasteiger partial charge in [-0.25, -0.2) is 14.5 Å². The largest absolute Gasteiger partial charge is 0.337 e. The number of para-hydroxylation sites is 1. The normalized spacial score (nSPS) is 17.8. The number of nitrogens with zero attached hydrogens (tertiary/aromatic N) is 5. The number of piperidine rings is 1. The van der Waals surface area contributed by atoms with Crippen LogP contribution in [0.1, 0.15) is 34.3 Å². The molecule has 0 spiro atoms. The fraction of sp³-hybridized carbons (Fsp3) is 0.263. The first-order chi connectivity index (χ1) is 12.8. The second-order valence-corrected chi connectivity index (χ2v) is 7.61. The molecule has 1 unspecified atom stereocenters. The zero-order valence-corrected chi connectivity index (χ0v) is 14.9. The molecular formula is C19H17N5OS. The molecule has 0 bridgehead atoms. The van der Waals surface area contributed by atoms with Crippen LogP contribution in [0.4, 0.5) is 0 Å². The molecule has 26 heavy (non-hydrogen) atoms. The van der Waals surface area contributed by atoms with Crippen LogP contribution in [-0.2, 0) is 0 Å². The van der Waals surface area contributed by atoms with E-state index in [1.807, 2.05) is 41.3 Å². The van der Waals surface area contributed by atoms with Crippen molar-refractivity contribution in [1.82, 2.24) is 24.5 Å². The molecule has 1 saturated heterocycles. The van der Waals surface area contributed by atoms with E-state index >= 15 is 0 Å². The van der Waals surface area contributed by atoms with Gasteiger partial charge in [-0.3, -0.25) is 4.79 Å². The summed E-state index contributed by atoms with van der Waals surface area (Å²) >= 11 is 1.74. The molecule has 1 aliphatic heterocycles. The topological polar surface area (TPSA) is 63.4 Å². The molecule has 1 aromatic carbocycles. The summed E-state index contributed by atoms with van der Waals surface area (Å²) in [6, 6.07) is 13.7. The highest BCUT2D eigenvalue weighted by molar-refractivity contribution is 7.18. The van der Waals surface area contributed by atoms with Gasteiger partial charge in [0.15, 0.2) is 5.65 Å². The summed E-state index contributed by atoms with van der Waals surface area (Å²) in [6.07, 6.45) is 3.53. The fourth-order valence-electron chi connectivity index (χ4n) is 3.60. The molecular weight excluding hydrogens is 346 g/mol. The fourth-order valence-corrected chi connectivity index (χ4v) is 4.69. The van der Waals surface area contributed by atoms with Crippen LogP contribution in [0.15, 0.2) is 48.8 Å². The highest BCUT2D eigenvalue weighted by atomic mass is 32.1. The van der Waals surface area contributed by atoms with E-state index in [0.29, 0.717) is 23.8 Å². The molecule has 5 rings (SSSR count). The Morgan fingerprint density at radius 2 is 2.08 bits per heavy atom. The number of carbonyl (C=O) groups excluding carboxylic acids is 1. The monoisotopic (exact) mass is 363 g/mol. The Morgan fingerprint density at radius 1 is 1.15 bits per heavy atom. The van der Waals surface area contributed by atoms with Gasteiger partial charge in [0.25, 0.3) is 5.91 Å². The Balaban J connectivity index is 1.43. The van der Waals surface area contributed by atoms with Gasteiger partial charge in [-0.2, -0.15) is 5.10 Å². The average molecular weight is 363 g/mol. The molecule has 1 amide bonds.